The van der Waals surface area contributed by atoms with Crippen molar-refractivity contribution in [3.8, 4) is 0 Å². The second kappa shape index (κ2) is 6.55. The van der Waals surface area contributed by atoms with Crippen LogP contribution in [0.15, 0.2) is 6.07 Å². The first-order chi connectivity index (χ1) is 8.69. The standard InChI is InChI=1S/C13H22ClN3O/c1-11-9-12(16(2)15-11)10-17-6-3-13(4-7-17)18-8-5-14/h9,13H,3-8,10H2,1-2H3. The number of piperidine rings is 1. The van der Waals surface area contributed by atoms with E-state index in [4.69, 9.17) is 16.3 Å². The molecule has 0 unspecified atom stereocenters. The van der Waals surface area contributed by atoms with E-state index in [1.54, 1.807) is 0 Å². The summed E-state index contributed by atoms with van der Waals surface area (Å²) in [6.07, 6.45) is 2.61. The molecule has 5 heteroatoms. The predicted molar refractivity (Wildman–Crippen MR) is 72.9 cm³/mol. The van der Waals surface area contributed by atoms with Crippen molar-refractivity contribution in [1.29, 1.82) is 0 Å². The molecule has 0 aliphatic carbocycles. The van der Waals surface area contributed by atoms with Crippen LogP contribution in [0.1, 0.15) is 24.2 Å². The first-order valence-electron chi connectivity index (χ1n) is 6.58. The number of halogens is 1. The average molecular weight is 272 g/mol. The molecule has 1 fully saturated rings. The van der Waals surface area contributed by atoms with Crippen molar-refractivity contribution in [2.24, 2.45) is 7.05 Å². The van der Waals surface area contributed by atoms with E-state index in [0.717, 1.165) is 38.2 Å². The maximum absolute atomic E-state index is 5.68. The summed E-state index contributed by atoms with van der Waals surface area (Å²) in [5, 5.41) is 4.38. The lowest BCUT2D eigenvalue weighted by Gasteiger charge is -2.31. The maximum Gasteiger partial charge on any atom is 0.0605 e. The van der Waals surface area contributed by atoms with E-state index in [-0.39, 0.29) is 0 Å². The normalized spacial score (nSPS) is 18.4. The monoisotopic (exact) mass is 271 g/mol. The topological polar surface area (TPSA) is 30.3 Å². The van der Waals surface area contributed by atoms with Gasteiger partial charge >= 0.3 is 0 Å². The van der Waals surface area contributed by atoms with E-state index in [9.17, 15) is 0 Å². The maximum atomic E-state index is 5.68. The van der Waals surface area contributed by atoms with Crippen LogP contribution in [0.25, 0.3) is 0 Å². The highest BCUT2D eigenvalue weighted by Crippen LogP contribution is 2.16. The fourth-order valence-electron chi connectivity index (χ4n) is 2.49. The highest BCUT2D eigenvalue weighted by Gasteiger charge is 2.20. The van der Waals surface area contributed by atoms with Crippen molar-refractivity contribution in [3.63, 3.8) is 0 Å². The first-order valence-corrected chi connectivity index (χ1v) is 7.12. The summed E-state index contributed by atoms with van der Waals surface area (Å²) >= 11 is 5.63. The number of ether oxygens (including phenoxy) is 1. The van der Waals surface area contributed by atoms with E-state index in [0.29, 0.717) is 18.6 Å². The number of aryl methyl sites for hydroxylation is 2. The lowest BCUT2D eigenvalue weighted by atomic mass is 10.1. The number of likely N-dealkylation sites (tertiary alicyclic amines) is 1. The van der Waals surface area contributed by atoms with Gasteiger partial charge in [-0.05, 0) is 25.8 Å². The number of alkyl halides is 1. The van der Waals surface area contributed by atoms with Gasteiger partial charge in [-0.25, -0.2) is 0 Å². The number of hydrogen-bond acceptors (Lipinski definition) is 3. The molecule has 1 aliphatic heterocycles. The van der Waals surface area contributed by atoms with Gasteiger partial charge in [0.25, 0.3) is 0 Å². The molecule has 0 N–H and O–H groups in total. The van der Waals surface area contributed by atoms with Gasteiger partial charge < -0.3 is 4.74 Å². The van der Waals surface area contributed by atoms with Crippen molar-refractivity contribution in [3.05, 3.63) is 17.5 Å². The van der Waals surface area contributed by atoms with Crippen molar-refractivity contribution >= 4 is 11.6 Å². The Morgan fingerprint density at radius 1 is 1.44 bits per heavy atom. The fourth-order valence-corrected chi connectivity index (χ4v) is 2.58. The Bertz CT molecular complexity index is 372. The zero-order valence-corrected chi connectivity index (χ0v) is 12.0. The van der Waals surface area contributed by atoms with Crippen LogP contribution in [0.4, 0.5) is 0 Å². The van der Waals surface area contributed by atoms with Crippen LogP contribution in [0.3, 0.4) is 0 Å². The van der Waals surface area contributed by atoms with Gasteiger partial charge in [-0.2, -0.15) is 5.10 Å². The minimum Gasteiger partial charge on any atom is -0.377 e. The van der Waals surface area contributed by atoms with Crippen molar-refractivity contribution < 1.29 is 4.74 Å². The molecule has 1 aromatic rings. The fraction of sp³-hybridized carbons (Fsp3) is 0.769. The number of rotatable bonds is 5. The molecule has 0 amide bonds. The molecule has 2 heterocycles. The predicted octanol–water partition coefficient (Wildman–Crippen LogP) is 1.95. The van der Waals surface area contributed by atoms with Crippen LogP contribution in [0, 0.1) is 6.92 Å². The van der Waals surface area contributed by atoms with Crippen LogP contribution in [-0.4, -0.2) is 46.4 Å². The third kappa shape index (κ3) is 3.70. The van der Waals surface area contributed by atoms with Crippen molar-refractivity contribution in [1.82, 2.24) is 14.7 Å². The molecule has 1 aromatic heterocycles. The second-order valence-corrected chi connectivity index (χ2v) is 5.31. The van der Waals surface area contributed by atoms with Gasteiger partial charge in [-0.3, -0.25) is 9.58 Å². The largest absolute Gasteiger partial charge is 0.377 e. The molecule has 2 rings (SSSR count). The molecule has 1 saturated heterocycles. The Kier molecular flexibility index (Phi) is 5.03. The average Bonchev–Trinajstić information content (AvgIpc) is 2.67. The quantitative estimate of drug-likeness (QED) is 0.767. The molecule has 0 aromatic carbocycles. The zero-order valence-electron chi connectivity index (χ0n) is 11.2. The molecule has 0 radical (unpaired) electrons. The molecule has 0 bridgehead atoms. The third-order valence-corrected chi connectivity index (χ3v) is 3.60. The van der Waals surface area contributed by atoms with E-state index < -0.39 is 0 Å². The molecular weight excluding hydrogens is 250 g/mol. The summed E-state index contributed by atoms with van der Waals surface area (Å²) in [4.78, 5) is 2.47. The van der Waals surface area contributed by atoms with E-state index in [1.165, 1.54) is 5.69 Å². The van der Waals surface area contributed by atoms with Gasteiger partial charge in [-0.1, -0.05) is 0 Å². The highest BCUT2D eigenvalue weighted by atomic mass is 35.5. The van der Waals surface area contributed by atoms with E-state index in [2.05, 4.69) is 16.1 Å². The van der Waals surface area contributed by atoms with Gasteiger partial charge in [0, 0.05) is 32.6 Å². The Hall–Kier alpha value is -0.580. The molecule has 0 spiro atoms. The van der Waals surface area contributed by atoms with E-state index >= 15 is 0 Å². The Labute approximate surface area is 114 Å². The Balaban J connectivity index is 1.78. The van der Waals surface area contributed by atoms with Crippen LogP contribution < -0.4 is 0 Å². The van der Waals surface area contributed by atoms with Gasteiger partial charge in [-0.15, -0.1) is 11.6 Å². The second-order valence-electron chi connectivity index (χ2n) is 4.94. The molecule has 0 saturated carbocycles. The van der Waals surface area contributed by atoms with Crippen molar-refractivity contribution in [2.75, 3.05) is 25.6 Å². The summed E-state index contributed by atoms with van der Waals surface area (Å²) in [5.41, 5.74) is 2.38. The summed E-state index contributed by atoms with van der Waals surface area (Å²) in [5.74, 6) is 0.592. The smallest absolute Gasteiger partial charge is 0.0605 e. The molecule has 0 atom stereocenters. The number of hydrogen-bond donors (Lipinski definition) is 0. The number of aromatic nitrogens is 2. The summed E-state index contributed by atoms with van der Waals surface area (Å²) < 4.78 is 7.66. The molecule has 102 valence electrons. The lowest BCUT2D eigenvalue weighted by Crippen LogP contribution is -2.37. The van der Waals surface area contributed by atoms with Crippen molar-refractivity contribution in [2.45, 2.75) is 32.4 Å². The lowest BCUT2D eigenvalue weighted by molar-refractivity contribution is 0.0130. The van der Waals surface area contributed by atoms with Crippen LogP contribution >= 0.6 is 11.6 Å². The zero-order chi connectivity index (χ0) is 13.0. The summed E-state index contributed by atoms with van der Waals surface area (Å²) in [6, 6.07) is 2.16. The Morgan fingerprint density at radius 3 is 2.72 bits per heavy atom. The molecule has 18 heavy (non-hydrogen) atoms. The van der Waals surface area contributed by atoms with Crippen LogP contribution in [0.5, 0.6) is 0 Å². The minimum atomic E-state index is 0.397. The van der Waals surface area contributed by atoms with E-state index in [1.807, 2.05) is 18.7 Å². The first kappa shape index (κ1) is 13.8. The minimum absolute atomic E-state index is 0.397. The summed E-state index contributed by atoms with van der Waals surface area (Å²) in [7, 11) is 2.01. The van der Waals surface area contributed by atoms with Gasteiger partial charge in [0.1, 0.15) is 0 Å². The Morgan fingerprint density at radius 2 is 2.17 bits per heavy atom. The number of nitrogens with zero attached hydrogens (tertiary/aromatic N) is 3. The van der Waals surface area contributed by atoms with Gasteiger partial charge in [0.05, 0.1) is 24.1 Å². The van der Waals surface area contributed by atoms with Crippen LogP contribution in [0.2, 0.25) is 0 Å². The summed E-state index contributed by atoms with van der Waals surface area (Å²) in [6.45, 7) is 5.89. The van der Waals surface area contributed by atoms with Gasteiger partial charge in [0.15, 0.2) is 0 Å². The molecular formula is C13H22ClN3O. The molecule has 4 nitrogen and oxygen atoms in total. The highest BCUT2D eigenvalue weighted by molar-refractivity contribution is 6.17. The molecule has 1 aliphatic rings. The SMILES string of the molecule is Cc1cc(CN2CCC(OCCCl)CC2)n(C)n1. The third-order valence-electron chi connectivity index (χ3n) is 3.45. The van der Waals surface area contributed by atoms with Crippen LogP contribution in [-0.2, 0) is 18.3 Å². The van der Waals surface area contributed by atoms with Gasteiger partial charge in [0.2, 0.25) is 0 Å².